The molecule has 0 radical (unpaired) electrons. The van der Waals surface area contributed by atoms with E-state index in [1.165, 1.54) is 0 Å². The van der Waals surface area contributed by atoms with E-state index in [4.69, 9.17) is 5.26 Å². The molecule has 124 valence electrons. The zero-order valence-corrected chi connectivity index (χ0v) is 13.6. The average Bonchev–Trinajstić information content (AvgIpc) is 2.61. The lowest BCUT2D eigenvalue weighted by molar-refractivity contribution is -0.120. The lowest BCUT2D eigenvalue weighted by Gasteiger charge is -2.17. The predicted molar refractivity (Wildman–Crippen MR) is 93.4 cm³/mol. The minimum Gasteiger partial charge on any atom is -0.396 e. The number of aliphatic hydroxyl groups is 1. The Bertz CT molecular complexity index is 692. The Balaban J connectivity index is 1.96. The molecule has 0 aliphatic rings. The number of nitriles is 1. The molecule has 0 saturated carbocycles. The predicted octanol–water partition coefficient (Wildman–Crippen LogP) is 2.58. The van der Waals surface area contributed by atoms with Crippen LogP contribution in [0.5, 0.6) is 0 Å². The first kappa shape index (κ1) is 17.7. The molecule has 0 aliphatic carbocycles. The van der Waals surface area contributed by atoms with Gasteiger partial charge in [-0.1, -0.05) is 54.6 Å². The maximum absolute atomic E-state index is 12.3. The number of hydrogen-bond donors (Lipinski definition) is 2. The third kappa shape index (κ3) is 5.22. The van der Waals surface area contributed by atoms with Crippen LogP contribution in [0.4, 0.5) is 0 Å². The van der Waals surface area contributed by atoms with E-state index < -0.39 is 0 Å². The van der Waals surface area contributed by atoms with Gasteiger partial charge in [-0.05, 0) is 23.1 Å². The van der Waals surface area contributed by atoms with Crippen molar-refractivity contribution in [2.24, 2.45) is 0 Å². The standard InChI is InChI=1S/C20H22N2O2/c21-12-10-17-8-4-5-9-18(17)14-20(24)22-15-19(11-13-23)16-6-2-1-3-7-16/h1-9,19,23H,10-11,13-15H2,(H,22,24). The van der Waals surface area contributed by atoms with Crippen LogP contribution < -0.4 is 5.32 Å². The monoisotopic (exact) mass is 322 g/mol. The SMILES string of the molecule is N#CCc1ccccc1CC(=O)NCC(CCO)c1ccccc1. The molecule has 1 atom stereocenters. The molecule has 0 heterocycles. The van der Waals surface area contributed by atoms with Gasteiger partial charge in [-0.3, -0.25) is 4.79 Å². The van der Waals surface area contributed by atoms with Crippen LogP contribution >= 0.6 is 0 Å². The summed E-state index contributed by atoms with van der Waals surface area (Å²) in [6.45, 7) is 0.574. The number of rotatable bonds is 8. The number of carbonyl (C=O) groups excluding carboxylic acids is 1. The van der Waals surface area contributed by atoms with E-state index in [2.05, 4.69) is 11.4 Å². The van der Waals surface area contributed by atoms with E-state index in [1.807, 2.05) is 54.6 Å². The first-order valence-corrected chi connectivity index (χ1v) is 8.10. The number of aliphatic hydroxyl groups excluding tert-OH is 1. The minimum atomic E-state index is -0.0701. The first-order chi connectivity index (χ1) is 11.7. The van der Waals surface area contributed by atoms with Crippen molar-refractivity contribution >= 4 is 5.91 Å². The molecule has 24 heavy (non-hydrogen) atoms. The molecule has 1 amide bonds. The van der Waals surface area contributed by atoms with Crippen molar-refractivity contribution in [3.8, 4) is 6.07 Å². The minimum absolute atomic E-state index is 0.0701. The van der Waals surface area contributed by atoms with Crippen molar-refractivity contribution in [2.45, 2.75) is 25.2 Å². The third-order valence-electron chi connectivity index (χ3n) is 4.03. The van der Waals surface area contributed by atoms with Crippen molar-refractivity contribution < 1.29 is 9.90 Å². The normalized spacial score (nSPS) is 11.5. The number of nitrogens with one attached hydrogen (secondary N) is 1. The number of hydrogen-bond acceptors (Lipinski definition) is 3. The summed E-state index contributed by atoms with van der Waals surface area (Å²) in [7, 11) is 0. The van der Waals surface area contributed by atoms with Crippen LogP contribution in [0, 0.1) is 11.3 Å². The van der Waals surface area contributed by atoms with E-state index in [-0.39, 0.29) is 24.9 Å². The van der Waals surface area contributed by atoms with Crippen molar-refractivity contribution in [1.29, 1.82) is 5.26 Å². The van der Waals surface area contributed by atoms with E-state index in [1.54, 1.807) is 0 Å². The highest BCUT2D eigenvalue weighted by molar-refractivity contribution is 5.79. The maximum Gasteiger partial charge on any atom is 0.224 e. The van der Waals surface area contributed by atoms with Gasteiger partial charge in [-0.2, -0.15) is 5.26 Å². The van der Waals surface area contributed by atoms with E-state index in [0.29, 0.717) is 19.4 Å². The van der Waals surface area contributed by atoms with Gasteiger partial charge >= 0.3 is 0 Å². The van der Waals surface area contributed by atoms with Crippen LogP contribution in [0.3, 0.4) is 0 Å². The van der Waals surface area contributed by atoms with Gasteiger partial charge in [0.2, 0.25) is 5.91 Å². The van der Waals surface area contributed by atoms with Gasteiger partial charge in [0.25, 0.3) is 0 Å². The first-order valence-electron chi connectivity index (χ1n) is 8.10. The second kappa shape index (κ2) is 9.49. The summed E-state index contributed by atoms with van der Waals surface area (Å²) in [6.07, 6.45) is 1.18. The van der Waals surface area contributed by atoms with Gasteiger partial charge in [0.05, 0.1) is 18.9 Å². The highest BCUT2D eigenvalue weighted by Crippen LogP contribution is 2.18. The molecule has 0 aromatic heterocycles. The van der Waals surface area contributed by atoms with Crippen LogP contribution in [-0.4, -0.2) is 24.2 Å². The van der Waals surface area contributed by atoms with E-state index >= 15 is 0 Å². The third-order valence-corrected chi connectivity index (χ3v) is 4.03. The summed E-state index contributed by atoms with van der Waals surface area (Å²) < 4.78 is 0. The van der Waals surface area contributed by atoms with Crippen LogP contribution in [0.1, 0.15) is 29.0 Å². The van der Waals surface area contributed by atoms with Crippen LogP contribution in [0.25, 0.3) is 0 Å². The molecule has 0 aliphatic heterocycles. The summed E-state index contributed by atoms with van der Waals surface area (Å²) >= 11 is 0. The molecular formula is C20H22N2O2. The van der Waals surface area contributed by atoms with Crippen LogP contribution in [0.15, 0.2) is 54.6 Å². The summed E-state index contributed by atoms with van der Waals surface area (Å²) in [5.41, 5.74) is 2.89. The molecule has 2 N–H and O–H groups in total. The lowest BCUT2D eigenvalue weighted by atomic mass is 9.96. The zero-order chi connectivity index (χ0) is 17.2. The van der Waals surface area contributed by atoms with E-state index in [0.717, 1.165) is 16.7 Å². The van der Waals surface area contributed by atoms with Crippen molar-refractivity contribution in [1.82, 2.24) is 5.32 Å². The van der Waals surface area contributed by atoms with Gasteiger partial charge in [0, 0.05) is 19.1 Å². The fourth-order valence-corrected chi connectivity index (χ4v) is 2.73. The zero-order valence-electron chi connectivity index (χ0n) is 13.6. The fraction of sp³-hybridized carbons (Fsp3) is 0.300. The Labute approximate surface area is 142 Å². The Kier molecular flexibility index (Phi) is 7.00. The molecule has 4 heteroatoms. The number of amides is 1. The van der Waals surface area contributed by atoms with Gasteiger partial charge in [-0.15, -0.1) is 0 Å². The summed E-state index contributed by atoms with van der Waals surface area (Å²) in [5.74, 6) is 0.0220. The molecule has 0 saturated heterocycles. The average molecular weight is 322 g/mol. The second-order valence-corrected chi connectivity index (χ2v) is 5.70. The Hall–Kier alpha value is -2.64. The smallest absolute Gasteiger partial charge is 0.224 e. The summed E-state index contributed by atoms with van der Waals surface area (Å²) in [5, 5.41) is 21.1. The maximum atomic E-state index is 12.3. The van der Waals surface area contributed by atoms with E-state index in [9.17, 15) is 9.90 Å². The molecule has 2 aromatic rings. The molecule has 2 aromatic carbocycles. The van der Waals surface area contributed by atoms with Crippen molar-refractivity contribution in [3.63, 3.8) is 0 Å². The fourth-order valence-electron chi connectivity index (χ4n) is 2.73. The largest absolute Gasteiger partial charge is 0.396 e. The Morgan fingerprint density at radius 3 is 2.42 bits per heavy atom. The highest BCUT2D eigenvalue weighted by atomic mass is 16.3. The van der Waals surface area contributed by atoms with Gasteiger partial charge in [0.1, 0.15) is 0 Å². The topological polar surface area (TPSA) is 73.1 Å². The second-order valence-electron chi connectivity index (χ2n) is 5.70. The van der Waals surface area contributed by atoms with Crippen molar-refractivity contribution in [2.75, 3.05) is 13.2 Å². The summed E-state index contributed by atoms with van der Waals surface area (Å²) in [6, 6.07) is 19.5. The Morgan fingerprint density at radius 2 is 1.75 bits per heavy atom. The Morgan fingerprint density at radius 1 is 1.08 bits per heavy atom. The molecule has 2 rings (SSSR count). The highest BCUT2D eigenvalue weighted by Gasteiger charge is 2.13. The molecular weight excluding hydrogens is 300 g/mol. The van der Waals surface area contributed by atoms with Crippen LogP contribution in [0.2, 0.25) is 0 Å². The van der Waals surface area contributed by atoms with Gasteiger partial charge in [-0.25, -0.2) is 0 Å². The number of carbonyl (C=O) groups is 1. The molecule has 0 fully saturated rings. The molecule has 0 spiro atoms. The van der Waals surface area contributed by atoms with Gasteiger partial charge < -0.3 is 10.4 Å². The molecule has 4 nitrogen and oxygen atoms in total. The van der Waals surface area contributed by atoms with Crippen LogP contribution in [-0.2, 0) is 17.6 Å². The molecule has 1 unspecified atom stereocenters. The molecule has 0 bridgehead atoms. The van der Waals surface area contributed by atoms with Crippen molar-refractivity contribution in [3.05, 3.63) is 71.3 Å². The van der Waals surface area contributed by atoms with Gasteiger partial charge in [0.15, 0.2) is 0 Å². The number of benzene rings is 2. The number of nitrogens with zero attached hydrogens (tertiary/aromatic N) is 1. The summed E-state index contributed by atoms with van der Waals surface area (Å²) in [4.78, 5) is 12.3. The quantitative estimate of drug-likeness (QED) is 0.784. The lowest BCUT2D eigenvalue weighted by Crippen LogP contribution is -2.30.